The van der Waals surface area contributed by atoms with E-state index in [0.717, 1.165) is 44.5 Å². The Kier molecular flexibility index (Phi) is 4.49. The molecule has 1 heterocycles. The second kappa shape index (κ2) is 6.23. The number of sulfonamides is 1. The lowest BCUT2D eigenvalue weighted by molar-refractivity contribution is 0.0725. The third-order valence-electron chi connectivity index (χ3n) is 4.62. The molecule has 122 valence electrons. The number of likely N-dealkylation sites (tertiary alicyclic amines) is 1. The van der Waals surface area contributed by atoms with Gasteiger partial charge in [0.25, 0.3) is 0 Å². The minimum atomic E-state index is -3.74. The molecule has 0 unspecified atom stereocenters. The highest BCUT2D eigenvalue weighted by Crippen LogP contribution is 2.28. The van der Waals surface area contributed by atoms with Gasteiger partial charge in [-0.3, -0.25) is 4.90 Å². The summed E-state index contributed by atoms with van der Waals surface area (Å²) in [7, 11) is -3.74. The van der Waals surface area contributed by atoms with Crippen molar-refractivity contribution in [3.63, 3.8) is 0 Å². The van der Waals surface area contributed by atoms with E-state index in [4.69, 9.17) is 0 Å². The van der Waals surface area contributed by atoms with Crippen molar-refractivity contribution in [2.75, 3.05) is 13.1 Å². The van der Waals surface area contributed by atoms with Crippen LogP contribution < -0.4 is 4.72 Å². The quantitative estimate of drug-likeness (QED) is 0.868. The highest BCUT2D eigenvalue weighted by Gasteiger charge is 2.40. The number of hydrogen-bond donors (Lipinski definition) is 2. The molecule has 0 amide bonds. The summed E-state index contributed by atoms with van der Waals surface area (Å²) in [4.78, 5) is 2.27. The smallest absolute Gasteiger partial charge is 0.240 e. The zero-order chi connectivity index (χ0) is 15.7. The number of aliphatic hydroxyl groups excluding tert-OH is 1. The third kappa shape index (κ3) is 3.17. The molecule has 1 aromatic carbocycles. The van der Waals surface area contributed by atoms with Crippen LogP contribution in [0.3, 0.4) is 0 Å². The van der Waals surface area contributed by atoms with Crippen molar-refractivity contribution in [3.8, 4) is 0 Å². The molecule has 3 rings (SSSR count). The van der Waals surface area contributed by atoms with Gasteiger partial charge in [-0.05, 0) is 63.0 Å². The van der Waals surface area contributed by atoms with Gasteiger partial charge in [0.1, 0.15) is 5.82 Å². The van der Waals surface area contributed by atoms with Crippen molar-refractivity contribution >= 4 is 10.0 Å². The maximum atomic E-state index is 12.9. The maximum Gasteiger partial charge on any atom is 0.240 e. The van der Waals surface area contributed by atoms with E-state index in [0.29, 0.717) is 6.42 Å². The van der Waals surface area contributed by atoms with E-state index in [2.05, 4.69) is 9.62 Å². The SMILES string of the molecule is O=S(=O)(N[C@@H]1CC[C@@H](N2CCCC2)[C@@H]1O)c1ccc(F)cc1. The topological polar surface area (TPSA) is 69.6 Å². The molecule has 0 radical (unpaired) electrons. The first-order valence-corrected chi connectivity index (χ1v) is 9.16. The molecule has 7 heteroatoms. The number of nitrogens with zero attached hydrogens (tertiary/aromatic N) is 1. The molecule has 1 aromatic rings. The lowest BCUT2D eigenvalue weighted by atomic mass is 10.1. The Morgan fingerprint density at radius 1 is 1.14 bits per heavy atom. The van der Waals surface area contributed by atoms with Gasteiger partial charge in [0.15, 0.2) is 0 Å². The van der Waals surface area contributed by atoms with Gasteiger partial charge in [0.2, 0.25) is 10.0 Å². The fraction of sp³-hybridized carbons (Fsp3) is 0.600. The van der Waals surface area contributed by atoms with Crippen LogP contribution in [0.5, 0.6) is 0 Å². The Hall–Kier alpha value is -1.02. The molecule has 22 heavy (non-hydrogen) atoms. The van der Waals surface area contributed by atoms with Gasteiger partial charge in [-0.2, -0.15) is 0 Å². The Balaban J connectivity index is 1.69. The van der Waals surface area contributed by atoms with Crippen LogP contribution in [0.2, 0.25) is 0 Å². The molecular weight excluding hydrogens is 307 g/mol. The summed E-state index contributed by atoms with van der Waals surface area (Å²) in [5.74, 6) is -0.478. The maximum absolute atomic E-state index is 12.9. The first-order chi connectivity index (χ1) is 10.5. The van der Waals surface area contributed by atoms with Gasteiger partial charge < -0.3 is 5.11 Å². The fourth-order valence-corrected chi connectivity index (χ4v) is 4.73. The minimum absolute atomic E-state index is 0.0192. The molecule has 0 aromatic heterocycles. The van der Waals surface area contributed by atoms with Gasteiger partial charge in [-0.15, -0.1) is 0 Å². The first kappa shape index (κ1) is 15.9. The predicted molar refractivity (Wildman–Crippen MR) is 80.3 cm³/mol. The molecule has 5 nitrogen and oxygen atoms in total. The molecule has 1 saturated heterocycles. The van der Waals surface area contributed by atoms with Gasteiger partial charge in [-0.25, -0.2) is 17.5 Å². The molecule has 1 aliphatic carbocycles. The van der Waals surface area contributed by atoms with E-state index in [1.807, 2.05) is 0 Å². The number of rotatable bonds is 4. The summed E-state index contributed by atoms with van der Waals surface area (Å²) < 4.78 is 40.1. The van der Waals surface area contributed by atoms with Crippen LogP contribution in [0.4, 0.5) is 4.39 Å². The van der Waals surface area contributed by atoms with Gasteiger partial charge >= 0.3 is 0 Å². The Morgan fingerprint density at radius 3 is 2.41 bits per heavy atom. The van der Waals surface area contributed by atoms with Crippen LogP contribution in [0, 0.1) is 5.82 Å². The largest absolute Gasteiger partial charge is 0.390 e. The zero-order valence-electron chi connectivity index (χ0n) is 12.3. The average molecular weight is 328 g/mol. The Morgan fingerprint density at radius 2 is 1.77 bits per heavy atom. The lowest BCUT2D eigenvalue weighted by Gasteiger charge is -2.28. The molecule has 1 saturated carbocycles. The minimum Gasteiger partial charge on any atom is -0.390 e. The predicted octanol–water partition coefficient (Wildman–Crippen LogP) is 1.09. The highest BCUT2D eigenvalue weighted by atomic mass is 32.2. The summed E-state index contributed by atoms with van der Waals surface area (Å²) in [6, 6.07) is 4.25. The highest BCUT2D eigenvalue weighted by molar-refractivity contribution is 7.89. The van der Waals surface area contributed by atoms with Crippen LogP contribution in [-0.4, -0.2) is 49.7 Å². The van der Waals surface area contributed by atoms with E-state index in [1.54, 1.807) is 0 Å². The summed E-state index contributed by atoms with van der Waals surface area (Å²) in [5, 5.41) is 10.4. The van der Waals surface area contributed by atoms with Crippen LogP contribution in [-0.2, 0) is 10.0 Å². The average Bonchev–Trinajstić information content (AvgIpc) is 3.10. The zero-order valence-corrected chi connectivity index (χ0v) is 13.1. The van der Waals surface area contributed by atoms with Crippen LogP contribution in [0.1, 0.15) is 25.7 Å². The second-order valence-electron chi connectivity index (χ2n) is 6.06. The summed E-state index contributed by atoms with van der Waals surface area (Å²) in [6.07, 6.45) is 2.97. The van der Waals surface area contributed by atoms with Crippen LogP contribution in [0.15, 0.2) is 29.2 Å². The van der Waals surface area contributed by atoms with Crippen molar-refractivity contribution in [2.24, 2.45) is 0 Å². The first-order valence-electron chi connectivity index (χ1n) is 7.67. The summed E-state index contributed by atoms with van der Waals surface area (Å²) >= 11 is 0. The van der Waals surface area contributed by atoms with Crippen molar-refractivity contribution in [1.82, 2.24) is 9.62 Å². The number of aliphatic hydroxyl groups is 1. The number of nitrogens with one attached hydrogen (secondary N) is 1. The van der Waals surface area contributed by atoms with E-state index in [-0.39, 0.29) is 10.9 Å². The van der Waals surface area contributed by atoms with Crippen molar-refractivity contribution < 1.29 is 17.9 Å². The van der Waals surface area contributed by atoms with Crippen molar-refractivity contribution in [1.29, 1.82) is 0 Å². The number of benzene rings is 1. The van der Waals surface area contributed by atoms with E-state index in [1.165, 1.54) is 12.1 Å². The van der Waals surface area contributed by atoms with Gasteiger partial charge in [-0.1, -0.05) is 0 Å². The molecule has 0 spiro atoms. The van der Waals surface area contributed by atoms with E-state index >= 15 is 0 Å². The van der Waals surface area contributed by atoms with Gasteiger partial charge in [0, 0.05) is 12.1 Å². The van der Waals surface area contributed by atoms with Crippen LogP contribution >= 0.6 is 0 Å². The number of halogens is 1. The monoisotopic (exact) mass is 328 g/mol. The molecule has 1 aliphatic heterocycles. The second-order valence-corrected chi connectivity index (χ2v) is 7.77. The van der Waals surface area contributed by atoms with E-state index < -0.39 is 28.0 Å². The molecular formula is C15H21FN2O3S. The molecule has 3 atom stereocenters. The third-order valence-corrected chi connectivity index (χ3v) is 6.13. The lowest BCUT2D eigenvalue weighted by Crippen LogP contribution is -2.47. The van der Waals surface area contributed by atoms with Crippen molar-refractivity contribution in [3.05, 3.63) is 30.1 Å². The van der Waals surface area contributed by atoms with Crippen molar-refractivity contribution in [2.45, 2.75) is 48.8 Å². The summed E-state index contributed by atoms with van der Waals surface area (Å²) in [6.45, 7) is 1.94. The standard InChI is InChI=1S/C15H21FN2O3S/c16-11-3-5-12(6-4-11)22(20,21)17-13-7-8-14(15(13)19)18-9-1-2-10-18/h3-6,13-15,17,19H,1-2,7-10H2/t13-,14-,15-/m1/s1. The summed E-state index contributed by atoms with van der Waals surface area (Å²) in [5.41, 5.74) is 0. The Labute approximate surface area is 130 Å². The van der Waals surface area contributed by atoms with Crippen LogP contribution in [0.25, 0.3) is 0 Å². The molecule has 2 aliphatic rings. The van der Waals surface area contributed by atoms with E-state index in [9.17, 15) is 17.9 Å². The molecule has 2 fully saturated rings. The fourth-order valence-electron chi connectivity index (χ4n) is 3.44. The normalized spacial score (nSPS) is 30.0. The Bertz CT molecular complexity index is 614. The molecule has 0 bridgehead atoms. The molecule has 2 N–H and O–H groups in total. The van der Waals surface area contributed by atoms with Gasteiger partial charge in [0.05, 0.1) is 11.0 Å². The number of hydrogen-bond acceptors (Lipinski definition) is 4.